The molecule has 0 aromatic heterocycles. The molecular weight excluding hydrogens is 354 g/mol. The van der Waals surface area contributed by atoms with Gasteiger partial charge in [0.2, 0.25) is 11.8 Å². The summed E-state index contributed by atoms with van der Waals surface area (Å²) in [7, 11) is 0. The molecule has 3 N–H and O–H groups in total. The second kappa shape index (κ2) is 10.8. The minimum absolute atomic E-state index is 0.0995. The van der Waals surface area contributed by atoms with Gasteiger partial charge in [-0.05, 0) is 36.8 Å². The summed E-state index contributed by atoms with van der Waals surface area (Å²) in [6.45, 7) is 7.06. The Morgan fingerprint density at radius 3 is 2.19 bits per heavy atom. The van der Waals surface area contributed by atoms with E-state index in [9.17, 15) is 14.4 Å². The summed E-state index contributed by atoms with van der Waals surface area (Å²) in [6, 6.07) is 5.92. The molecule has 0 aliphatic carbocycles. The number of amides is 2. The number of ether oxygens (including phenoxy) is 1. The van der Waals surface area contributed by atoms with E-state index in [0.29, 0.717) is 5.69 Å². The predicted molar refractivity (Wildman–Crippen MR) is 103 cm³/mol. The van der Waals surface area contributed by atoms with Gasteiger partial charge in [0.05, 0.1) is 6.04 Å². The van der Waals surface area contributed by atoms with Gasteiger partial charge in [-0.25, -0.2) is 0 Å². The maximum atomic E-state index is 12.3. The molecule has 0 saturated heterocycles. The van der Waals surface area contributed by atoms with E-state index in [1.807, 2.05) is 20.1 Å². The van der Waals surface area contributed by atoms with E-state index in [0.717, 1.165) is 5.56 Å². The highest BCUT2D eigenvalue weighted by Gasteiger charge is 2.24. The van der Waals surface area contributed by atoms with E-state index in [1.165, 1.54) is 18.9 Å². The number of anilines is 1. The third-order valence-corrected chi connectivity index (χ3v) is 4.10. The smallest absolute Gasteiger partial charge is 0.302 e. The largest absolute Gasteiger partial charge is 0.461 e. The summed E-state index contributed by atoms with van der Waals surface area (Å²) >= 11 is 1.37. The quantitative estimate of drug-likeness (QED) is 0.448. The van der Waals surface area contributed by atoms with Gasteiger partial charge in [-0.3, -0.25) is 19.1 Å². The molecule has 0 unspecified atom stereocenters. The van der Waals surface area contributed by atoms with Crippen molar-refractivity contribution in [2.75, 3.05) is 11.6 Å². The van der Waals surface area contributed by atoms with Gasteiger partial charge in [0, 0.05) is 12.6 Å². The second-order valence-corrected chi connectivity index (χ2v) is 6.88. The van der Waals surface area contributed by atoms with Crippen molar-refractivity contribution in [3.63, 3.8) is 0 Å². The van der Waals surface area contributed by atoms with E-state index in [1.54, 1.807) is 31.2 Å². The molecule has 2 amide bonds. The highest BCUT2D eigenvalue weighted by molar-refractivity contribution is 7.96. The van der Waals surface area contributed by atoms with Gasteiger partial charge in [-0.1, -0.05) is 37.9 Å². The first kappa shape index (κ1) is 22.0. The van der Waals surface area contributed by atoms with Gasteiger partial charge in [0.15, 0.2) is 0 Å². The Morgan fingerprint density at radius 2 is 1.69 bits per heavy atom. The monoisotopic (exact) mass is 381 g/mol. The van der Waals surface area contributed by atoms with E-state index < -0.39 is 6.04 Å². The lowest BCUT2D eigenvalue weighted by molar-refractivity contribution is -0.142. The van der Waals surface area contributed by atoms with Crippen LogP contribution in [0.25, 0.3) is 0 Å². The summed E-state index contributed by atoms with van der Waals surface area (Å²) in [4.78, 5) is 35.4. The van der Waals surface area contributed by atoms with Crippen LogP contribution < -0.4 is 15.4 Å². The van der Waals surface area contributed by atoms with E-state index in [2.05, 4.69) is 15.4 Å². The third-order valence-electron chi connectivity index (χ3n) is 3.61. The third kappa shape index (κ3) is 7.45. The van der Waals surface area contributed by atoms with Crippen LogP contribution in [-0.2, 0) is 25.7 Å². The van der Waals surface area contributed by atoms with Crippen LogP contribution in [0.2, 0.25) is 0 Å². The SMILES string of the molecule is CSN[C@H](C(=O)N[C@@H](C)C(=O)Nc1ccc(COC(C)=O)cc1)C(C)C. The van der Waals surface area contributed by atoms with Crippen LogP contribution in [0.1, 0.15) is 33.3 Å². The van der Waals surface area contributed by atoms with Gasteiger partial charge in [0.25, 0.3) is 0 Å². The van der Waals surface area contributed by atoms with Crippen molar-refractivity contribution in [2.45, 2.75) is 46.4 Å². The molecule has 144 valence electrons. The number of benzene rings is 1. The van der Waals surface area contributed by atoms with Gasteiger partial charge < -0.3 is 15.4 Å². The van der Waals surface area contributed by atoms with Gasteiger partial charge in [0.1, 0.15) is 12.6 Å². The molecule has 7 nitrogen and oxygen atoms in total. The molecule has 1 aromatic carbocycles. The Hall–Kier alpha value is -2.06. The van der Waals surface area contributed by atoms with Crippen LogP contribution in [-0.4, -0.2) is 36.1 Å². The summed E-state index contributed by atoms with van der Waals surface area (Å²) in [5.41, 5.74) is 1.42. The zero-order valence-corrected chi connectivity index (χ0v) is 16.6. The maximum absolute atomic E-state index is 12.3. The molecule has 1 aromatic rings. The molecule has 0 aliphatic rings. The zero-order chi connectivity index (χ0) is 19.7. The topological polar surface area (TPSA) is 96.5 Å². The first-order valence-electron chi connectivity index (χ1n) is 8.36. The van der Waals surface area contributed by atoms with Crippen LogP contribution in [0.4, 0.5) is 5.69 Å². The highest BCUT2D eigenvalue weighted by atomic mass is 32.2. The number of nitrogens with one attached hydrogen (secondary N) is 3. The Labute approximate surface area is 158 Å². The lowest BCUT2D eigenvalue weighted by Gasteiger charge is -2.22. The Balaban J connectivity index is 2.58. The Bertz CT molecular complexity index is 619. The molecule has 2 atom stereocenters. The second-order valence-electron chi connectivity index (χ2n) is 6.24. The fraction of sp³-hybridized carbons (Fsp3) is 0.500. The number of hydrogen-bond acceptors (Lipinski definition) is 6. The van der Waals surface area contributed by atoms with Crippen molar-refractivity contribution in [3.8, 4) is 0 Å². The standard InChI is InChI=1S/C18H27N3O4S/c1-11(2)16(21-26-5)18(24)19-12(3)17(23)20-15-8-6-14(7-9-15)10-25-13(4)22/h6-9,11-12,16,21H,10H2,1-5H3,(H,19,24)(H,20,23)/t12-,16-/m0/s1. The van der Waals surface area contributed by atoms with Crippen LogP contribution in [0.5, 0.6) is 0 Å². The first-order chi connectivity index (χ1) is 12.2. The molecule has 0 aliphatic heterocycles. The normalized spacial score (nSPS) is 13.0. The molecular formula is C18H27N3O4S. The number of esters is 1. The number of carbonyl (C=O) groups is 3. The molecule has 8 heteroatoms. The summed E-state index contributed by atoms with van der Waals surface area (Å²) in [5.74, 6) is -0.767. The minimum atomic E-state index is -0.673. The number of carbonyl (C=O) groups excluding carboxylic acids is 3. The molecule has 0 fully saturated rings. The van der Waals surface area contributed by atoms with Gasteiger partial charge >= 0.3 is 5.97 Å². The zero-order valence-electron chi connectivity index (χ0n) is 15.8. The molecule has 0 bridgehead atoms. The number of hydrogen-bond donors (Lipinski definition) is 3. The lowest BCUT2D eigenvalue weighted by atomic mass is 10.0. The molecule has 0 saturated carbocycles. The molecule has 0 heterocycles. The maximum Gasteiger partial charge on any atom is 0.302 e. The van der Waals surface area contributed by atoms with E-state index >= 15 is 0 Å². The van der Waals surface area contributed by atoms with Crippen LogP contribution in [0.3, 0.4) is 0 Å². The number of rotatable bonds is 9. The van der Waals surface area contributed by atoms with Crippen molar-refractivity contribution in [2.24, 2.45) is 5.92 Å². The molecule has 0 spiro atoms. The lowest BCUT2D eigenvalue weighted by Crippen LogP contribution is -2.50. The van der Waals surface area contributed by atoms with Crippen molar-refractivity contribution in [1.29, 1.82) is 0 Å². The van der Waals surface area contributed by atoms with E-state index in [-0.39, 0.29) is 36.4 Å². The Kier molecular flexibility index (Phi) is 9.15. The predicted octanol–water partition coefficient (Wildman–Crippen LogP) is 2.09. The van der Waals surface area contributed by atoms with Crippen LogP contribution in [0, 0.1) is 5.92 Å². The highest BCUT2D eigenvalue weighted by Crippen LogP contribution is 2.11. The van der Waals surface area contributed by atoms with Gasteiger partial charge in [-0.2, -0.15) is 0 Å². The summed E-state index contributed by atoms with van der Waals surface area (Å²) < 4.78 is 7.95. The van der Waals surface area contributed by atoms with Crippen LogP contribution >= 0.6 is 11.9 Å². The summed E-state index contributed by atoms with van der Waals surface area (Å²) in [6.07, 6.45) is 1.85. The van der Waals surface area contributed by atoms with Crippen molar-refractivity contribution >= 4 is 35.4 Å². The summed E-state index contributed by atoms with van der Waals surface area (Å²) in [5, 5.41) is 5.48. The van der Waals surface area contributed by atoms with Crippen molar-refractivity contribution < 1.29 is 19.1 Å². The fourth-order valence-corrected chi connectivity index (χ4v) is 2.74. The fourth-order valence-electron chi connectivity index (χ4n) is 2.11. The Morgan fingerprint density at radius 1 is 1.08 bits per heavy atom. The average molecular weight is 381 g/mol. The minimum Gasteiger partial charge on any atom is -0.461 e. The molecule has 1 rings (SSSR count). The average Bonchev–Trinajstić information content (AvgIpc) is 2.58. The van der Waals surface area contributed by atoms with Crippen LogP contribution in [0.15, 0.2) is 24.3 Å². The van der Waals surface area contributed by atoms with E-state index in [4.69, 9.17) is 4.74 Å². The van der Waals surface area contributed by atoms with Gasteiger partial charge in [-0.15, -0.1) is 0 Å². The molecule has 0 radical (unpaired) electrons. The first-order valence-corrected chi connectivity index (χ1v) is 9.59. The van der Waals surface area contributed by atoms with Crippen molar-refractivity contribution in [1.82, 2.24) is 10.0 Å². The molecule has 26 heavy (non-hydrogen) atoms. The van der Waals surface area contributed by atoms with Crippen molar-refractivity contribution in [3.05, 3.63) is 29.8 Å².